The second kappa shape index (κ2) is 6.11. The molecule has 3 heteroatoms. The summed E-state index contributed by atoms with van der Waals surface area (Å²) in [7, 11) is 4.33. The van der Waals surface area contributed by atoms with E-state index in [0.717, 1.165) is 18.8 Å². The van der Waals surface area contributed by atoms with Gasteiger partial charge in [-0.15, -0.1) is 0 Å². The summed E-state index contributed by atoms with van der Waals surface area (Å²) in [5, 5.41) is 10.3. The lowest BCUT2D eigenvalue weighted by atomic mass is 9.73. The van der Waals surface area contributed by atoms with Crippen LogP contribution in [0.1, 0.15) is 46.0 Å². The predicted molar refractivity (Wildman–Crippen MR) is 80.3 cm³/mol. The van der Waals surface area contributed by atoms with E-state index in [4.69, 9.17) is 0 Å². The Hall–Kier alpha value is -0.120. The van der Waals surface area contributed by atoms with Crippen LogP contribution in [0.5, 0.6) is 0 Å². The van der Waals surface area contributed by atoms with Crippen molar-refractivity contribution >= 4 is 0 Å². The number of hydrogen-bond acceptors (Lipinski definition) is 3. The Bertz CT molecular complexity index is 282. The number of rotatable bonds is 3. The van der Waals surface area contributed by atoms with Crippen molar-refractivity contribution < 1.29 is 5.11 Å². The summed E-state index contributed by atoms with van der Waals surface area (Å²) in [5.74, 6) is 0.847. The van der Waals surface area contributed by atoms with Crippen molar-refractivity contribution in [2.24, 2.45) is 11.3 Å². The molecule has 1 saturated heterocycles. The molecule has 0 aromatic rings. The highest BCUT2D eigenvalue weighted by Gasteiger charge is 2.38. The summed E-state index contributed by atoms with van der Waals surface area (Å²) < 4.78 is 0. The average Bonchev–Trinajstić information content (AvgIpc) is 2.33. The molecule has 0 spiro atoms. The lowest BCUT2D eigenvalue weighted by Crippen LogP contribution is -2.52. The molecule has 1 saturated carbocycles. The van der Waals surface area contributed by atoms with Gasteiger partial charge in [-0.1, -0.05) is 13.8 Å². The zero-order valence-corrected chi connectivity index (χ0v) is 13.2. The van der Waals surface area contributed by atoms with Gasteiger partial charge in [0.2, 0.25) is 0 Å². The highest BCUT2D eigenvalue weighted by Crippen LogP contribution is 2.38. The average molecular weight is 268 g/mol. The maximum Gasteiger partial charge on any atom is 0.0695 e. The summed E-state index contributed by atoms with van der Waals surface area (Å²) in [5.41, 5.74) is 0.407. The monoisotopic (exact) mass is 268 g/mol. The molecule has 112 valence electrons. The van der Waals surface area contributed by atoms with Crippen LogP contribution in [-0.4, -0.2) is 60.8 Å². The fourth-order valence-electron chi connectivity index (χ4n) is 3.89. The van der Waals surface area contributed by atoms with Crippen LogP contribution in [0.15, 0.2) is 0 Å². The molecule has 0 radical (unpaired) electrons. The molecule has 2 unspecified atom stereocenters. The van der Waals surface area contributed by atoms with E-state index in [2.05, 4.69) is 37.7 Å². The molecular weight excluding hydrogens is 236 g/mol. The molecule has 2 rings (SSSR count). The van der Waals surface area contributed by atoms with Crippen molar-refractivity contribution in [2.45, 2.75) is 58.1 Å². The number of piperidine rings is 1. The van der Waals surface area contributed by atoms with E-state index in [1.165, 1.54) is 38.9 Å². The van der Waals surface area contributed by atoms with Crippen molar-refractivity contribution in [2.75, 3.05) is 33.7 Å². The van der Waals surface area contributed by atoms with Crippen molar-refractivity contribution in [3.63, 3.8) is 0 Å². The normalized spacial score (nSPS) is 33.8. The molecule has 19 heavy (non-hydrogen) atoms. The Morgan fingerprint density at radius 2 is 1.79 bits per heavy atom. The lowest BCUT2D eigenvalue weighted by Gasteiger charge is -2.46. The van der Waals surface area contributed by atoms with Gasteiger partial charge in [-0.05, 0) is 70.6 Å². The Labute approximate surface area is 119 Å². The van der Waals surface area contributed by atoms with E-state index in [0.29, 0.717) is 11.5 Å². The second-order valence-electron chi connectivity index (χ2n) is 7.78. The maximum atomic E-state index is 10.3. The fourth-order valence-corrected chi connectivity index (χ4v) is 3.89. The van der Waals surface area contributed by atoms with Crippen LogP contribution in [0.25, 0.3) is 0 Å². The van der Waals surface area contributed by atoms with E-state index < -0.39 is 0 Å². The molecule has 1 aliphatic heterocycles. The minimum absolute atomic E-state index is 0.0987. The molecule has 1 heterocycles. The zero-order chi connectivity index (χ0) is 14.0. The van der Waals surface area contributed by atoms with Crippen LogP contribution in [0.4, 0.5) is 0 Å². The first-order valence-electron chi connectivity index (χ1n) is 7.94. The summed E-state index contributed by atoms with van der Waals surface area (Å²) in [4.78, 5) is 4.87. The number of likely N-dealkylation sites (tertiary alicyclic amines) is 1. The topological polar surface area (TPSA) is 26.7 Å². The van der Waals surface area contributed by atoms with Gasteiger partial charge < -0.3 is 10.0 Å². The lowest BCUT2D eigenvalue weighted by molar-refractivity contribution is -0.0299. The second-order valence-corrected chi connectivity index (χ2v) is 7.78. The van der Waals surface area contributed by atoms with Gasteiger partial charge in [-0.3, -0.25) is 4.90 Å². The van der Waals surface area contributed by atoms with Crippen LogP contribution in [0.2, 0.25) is 0 Å². The fraction of sp³-hybridized carbons (Fsp3) is 1.00. The van der Waals surface area contributed by atoms with Crippen LogP contribution in [0, 0.1) is 11.3 Å². The molecule has 2 atom stereocenters. The van der Waals surface area contributed by atoms with Gasteiger partial charge in [0.25, 0.3) is 0 Å². The SMILES string of the molecule is CN(C)CC1CCN(C2CC(C)(C)CCC2O)CC1. The van der Waals surface area contributed by atoms with E-state index in [1.54, 1.807) is 0 Å². The minimum atomic E-state index is -0.0987. The molecule has 1 N–H and O–H groups in total. The van der Waals surface area contributed by atoms with E-state index in [1.807, 2.05) is 0 Å². The van der Waals surface area contributed by atoms with Crippen LogP contribution in [-0.2, 0) is 0 Å². The quantitative estimate of drug-likeness (QED) is 0.850. The van der Waals surface area contributed by atoms with E-state index in [-0.39, 0.29) is 6.10 Å². The molecule has 3 nitrogen and oxygen atoms in total. The smallest absolute Gasteiger partial charge is 0.0695 e. The third-order valence-electron chi connectivity index (χ3n) is 5.06. The van der Waals surface area contributed by atoms with Gasteiger partial charge in [0.15, 0.2) is 0 Å². The molecule has 0 aromatic heterocycles. The zero-order valence-electron chi connectivity index (χ0n) is 13.2. The standard InChI is InChI=1S/C16H32N2O/c1-16(2)8-5-15(19)14(11-16)18-9-6-13(7-10-18)12-17(3)4/h13-15,19H,5-12H2,1-4H3. The molecule has 1 aliphatic carbocycles. The summed E-state index contributed by atoms with van der Waals surface area (Å²) in [6.07, 6.45) is 5.80. The van der Waals surface area contributed by atoms with Gasteiger partial charge >= 0.3 is 0 Å². The van der Waals surface area contributed by atoms with Crippen molar-refractivity contribution in [1.29, 1.82) is 0 Å². The highest BCUT2D eigenvalue weighted by atomic mass is 16.3. The first kappa shape index (κ1) is 15.3. The van der Waals surface area contributed by atoms with Crippen molar-refractivity contribution in [1.82, 2.24) is 9.80 Å². The number of aliphatic hydroxyl groups excluding tert-OH is 1. The molecule has 0 aromatic carbocycles. The van der Waals surface area contributed by atoms with Crippen molar-refractivity contribution in [3.8, 4) is 0 Å². The first-order valence-corrected chi connectivity index (χ1v) is 7.94. The third kappa shape index (κ3) is 4.17. The van der Waals surface area contributed by atoms with Gasteiger partial charge in [-0.25, -0.2) is 0 Å². The highest BCUT2D eigenvalue weighted by molar-refractivity contribution is 4.92. The molecular formula is C16H32N2O. The van der Waals surface area contributed by atoms with E-state index in [9.17, 15) is 5.11 Å². The Kier molecular flexibility index (Phi) is 4.91. The number of hydrogen-bond donors (Lipinski definition) is 1. The van der Waals surface area contributed by atoms with Crippen LogP contribution in [0.3, 0.4) is 0 Å². The number of nitrogens with zero attached hydrogens (tertiary/aromatic N) is 2. The van der Waals surface area contributed by atoms with Gasteiger partial charge in [0.05, 0.1) is 6.10 Å². The van der Waals surface area contributed by atoms with E-state index >= 15 is 0 Å². The number of aliphatic hydroxyl groups is 1. The molecule has 0 bridgehead atoms. The van der Waals surface area contributed by atoms with Crippen LogP contribution < -0.4 is 0 Å². The molecule has 0 amide bonds. The van der Waals surface area contributed by atoms with Crippen LogP contribution >= 0.6 is 0 Å². The van der Waals surface area contributed by atoms with Gasteiger partial charge in [0.1, 0.15) is 0 Å². The predicted octanol–water partition coefficient (Wildman–Crippen LogP) is 2.20. The summed E-state index contributed by atoms with van der Waals surface area (Å²) >= 11 is 0. The summed E-state index contributed by atoms with van der Waals surface area (Å²) in [6.45, 7) is 8.27. The largest absolute Gasteiger partial charge is 0.391 e. The van der Waals surface area contributed by atoms with Gasteiger partial charge in [-0.2, -0.15) is 0 Å². The van der Waals surface area contributed by atoms with Gasteiger partial charge in [0, 0.05) is 12.6 Å². The Morgan fingerprint density at radius 3 is 2.37 bits per heavy atom. The summed E-state index contributed by atoms with van der Waals surface area (Å²) in [6, 6.07) is 0.407. The first-order chi connectivity index (χ1) is 8.87. The Balaban J connectivity index is 1.86. The maximum absolute atomic E-state index is 10.3. The Morgan fingerprint density at radius 1 is 1.16 bits per heavy atom. The minimum Gasteiger partial charge on any atom is -0.391 e. The molecule has 2 fully saturated rings. The molecule has 2 aliphatic rings. The third-order valence-corrected chi connectivity index (χ3v) is 5.06. The van der Waals surface area contributed by atoms with Crippen molar-refractivity contribution in [3.05, 3.63) is 0 Å².